The molecule has 0 spiro atoms. The van der Waals surface area contributed by atoms with E-state index in [9.17, 15) is 28.8 Å². The van der Waals surface area contributed by atoms with Crippen LogP contribution in [-0.4, -0.2) is 110 Å². The van der Waals surface area contributed by atoms with Crippen molar-refractivity contribution >= 4 is 58.6 Å². The van der Waals surface area contributed by atoms with Gasteiger partial charge >= 0.3 is 0 Å². The molecule has 0 bridgehead atoms. The van der Waals surface area contributed by atoms with Crippen LogP contribution < -0.4 is 64.9 Å². The van der Waals surface area contributed by atoms with Crippen molar-refractivity contribution in [2.75, 3.05) is 26.2 Å². The van der Waals surface area contributed by atoms with Gasteiger partial charge in [-0.05, 0) is 61.6 Å². The lowest BCUT2D eigenvalue weighted by Gasteiger charge is -2.27. The van der Waals surface area contributed by atoms with E-state index in [0.29, 0.717) is 38.2 Å². The van der Waals surface area contributed by atoms with Crippen molar-refractivity contribution in [2.45, 2.75) is 88.1 Å². The highest BCUT2D eigenvalue weighted by atomic mass is 16.2. The van der Waals surface area contributed by atoms with E-state index in [4.69, 9.17) is 17.2 Å². The summed E-state index contributed by atoms with van der Waals surface area (Å²) in [6.07, 6.45) is 3.15. The monoisotopic (exact) mass is 872 g/mol. The molecule has 3 aromatic rings. The fraction of sp³-hybridized carbons (Fsp3) is 0.391. The Balaban J connectivity index is 1.22. The minimum Gasteiger partial charge on any atom is -0.368 e. The van der Waals surface area contributed by atoms with Gasteiger partial charge in [-0.15, -0.1) is 0 Å². The SMILES string of the molecule is C[C@H](NC(=O)[C@@H](CC1=c2ccccc2=NC1)NC(=O)[C@@H](N)CC1=NC=NC1)C(=O)N[C@@H](CC1=c2ccccc2=NC1)C(=O)N[C@H](Cc1ccccc1)C(=O)N[C@@H](CCCCN)C(N)=O. The van der Waals surface area contributed by atoms with Crippen molar-refractivity contribution in [3.63, 3.8) is 0 Å². The summed E-state index contributed by atoms with van der Waals surface area (Å²) in [5, 5.41) is 17.0. The van der Waals surface area contributed by atoms with E-state index in [0.717, 1.165) is 37.9 Å². The molecule has 18 heteroatoms. The molecule has 0 saturated carbocycles. The van der Waals surface area contributed by atoms with E-state index in [-0.39, 0.29) is 38.6 Å². The minimum absolute atomic E-state index is 0.0234. The van der Waals surface area contributed by atoms with Crippen LogP contribution in [0.3, 0.4) is 0 Å². The molecule has 3 aliphatic rings. The molecule has 6 atom stereocenters. The molecular formula is C46H56N12O6. The van der Waals surface area contributed by atoms with E-state index in [1.165, 1.54) is 13.3 Å². The lowest BCUT2D eigenvalue weighted by Crippen LogP contribution is -2.59. The predicted octanol–water partition coefficient (Wildman–Crippen LogP) is -2.76. The Morgan fingerprint density at radius 1 is 0.594 bits per heavy atom. The lowest BCUT2D eigenvalue weighted by atomic mass is 10.0. The number of para-hydroxylation sites is 2. The van der Waals surface area contributed by atoms with Crippen LogP contribution in [0.2, 0.25) is 0 Å². The molecule has 11 N–H and O–H groups in total. The molecule has 3 heterocycles. The third-order valence-corrected chi connectivity index (χ3v) is 11.3. The average Bonchev–Trinajstić information content (AvgIpc) is 4.06. The first-order valence-electron chi connectivity index (χ1n) is 21.5. The summed E-state index contributed by atoms with van der Waals surface area (Å²) in [6, 6.07) is 17.2. The fourth-order valence-electron chi connectivity index (χ4n) is 7.72. The molecule has 0 aliphatic carbocycles. The Bertz CT molecular complexity index is 2550. The Kier molecular flexibility index (Phi) is 16.3. The number of hydrogen-bond donors (Lipinski definition) is 8. The number of nitrogens with one attached hydrogen (secondary N) is 5. The summed E-state index contributed by atoms with van der Waals surface area (Å²) in [6.45, 7) is 2.80. The maximum atomic E-state index is 14.4. The summed E-state index contributed by atoms with van der Waals surface area (Å²) < 4.78 is 0. The first kappa shape index (κ1) is 46.6. The maximum Gasteiger partial charge on any atom is 0.243 e. The number of carbonyl (C=O) groups is 6. The smallest absolute Gasteiger partial charge is 0.243 e. The Hall–Kier alpha value is -6.92. The van der Waals surface area contributed by atoms with E-state index in [2.05, 4.69) is 46.6 Å². The lowest BCUT2D eigenvalue weighted by molar-refractivity contribution is -0.134. The predicted molar refractivity (Wildman–Crippen MR) is 241 cm³/mol. The van der Waals surface area contributed by atoms with Gasteiger partial charge in [0.15, 0.2) is 0 Å². The minimum atomic E-state index is -1.24. The zero-order chi connectivity index (χ0) is 45.6. The molecule has 0 aromatic heterocycles. The van der Waals surface area contributed by atoms with Crippen molar-refractivity contribution in [3.05, 3.63) is 106 Å². The van der Waals surface area contributed by atoms with E-state index in [1.54, 1.807) is 24.3 Å². The zero-order valence-electron chi connectivity index (χ0n) is 35.8. The molecule has 6 rings (SSSR count). The summed E-state index contributed by atoms with van der Waals surface area (Å²) in [7, 11) is 0. The molecule has 18 nitrogen and oxygen atoms in total. The molecular weight excluding hydrogens is 817 g/mol. The topological polar surface area (TPSA) is 290 Å². The van der Waals surface area contributed by atoms with Gasteiger partial charge in [-0.2, -0.15) is 0 Å². The largest absolute Gasteiger partial charge is 0.368 e. The number of rotatable bonds is 23. The van der Waals surface area contributed by atoms with Crippen LogP contribution in [0, 0.1) is 0 Å². The number of nitrogens with two attached hydrogens (primary N) is 3. The van der Waals surface area contributed by atoms with Gasteiger partial charge in [0, 0.05) is 41.8 Å². The van der Waals surface area contributed by atoms with Crippen molar-refractivity contribution in [3.8, 4) is 0 Å². The zero-order valence-corrected chi connectivity index (χ0v) is 35.8. The number of aliphatic imine (C=N–C) groups is 2. The van der Waals surface area contributed by atoms with Crippen LogP contribution in [0.4, 0.5) is 0 Å². The number of carbonyl (C=O) groups excluding carboxylic acids is 6. The first-order valence-corrected chi connectivity index (χ1v) is 21.5. The average molecular weight is 873 g/mol. The van der Waals surface area contributed by atoms with Crippen molar-refractivity contribution < 1.29 is 28.8 Å². The molecule has 0 saturated heterocycles. The molecule has 336 valence electrons. The second kappa shape index (κ2) is 22.4. The number of benzene rings is 3. The Morgan fingerprint density at radius 3 is 1.67 bits per heavy atom. The van der Waals surface area contributed by atoms with Crippen LogP contribution in [0.1, 0.15) is 51.0 Å². The Labute approximate surface area is 370 Å². The normalized spacial score (nSPS) is 16.3. The van der Waals surface area contributed by atoms with Crippen molar-refractivity contribution in [1.29, 1.82) is 0 Å². The van der Waals surface area contributed by atoms with Crippen LogP contribution in [0.5, 0.6) is 0 Å². The van der Waals surface area contributed by atoms with Gasteiger partial charge in [-0.25, -0.2) is 4.99 Å². The van der Waals surface area contributed by atoms with Gasteiger partial charge in [0.1, 0.15) is 36.5 Å². The number of nitrogens with zero attached hydrogens (tertiary/aromatic N) is 4. The highest BCUT2D eigenvalue weighted by Gasteiger charge is 2.33. The van der Waals surface area contributed by atoms with Gasteiger partial charge in [0.2, 0.25) is 35.4 Å². The first-order chi connectivity index (χ1) is 30.9. The number of fused-ring (bicyclic) bond motifs is 2. The van der Waals surface area contributed by atoms with Gasteiger partial charge < -0.3 is 43.8 Å². The van der Waals surface area contributed by atoms with Crippen LogP contribution in [-0.2, 0) is 35.2 Å². The van der Waals surface area contributed by atoms with Gasteiger partial charge in [-0.3, -0.25) is 43.7 Å². The Morgan fingerprint density at radius 2 is 1.11 bits per heavy atom. The van der Waals surface area contributed by atoms with E-state index >= 15 is 0 Å². The molecule has 0 fully saturated rings. The summed E-state index contributed by atoms with van der Waals surface area (Å²) >= 11 is 0. The standard InChI is InChI=1S/C46H56N12O6/c1-27(54-44(62)39(20-29-23-51-35-15-7-5-13-32(29)35)57-43(61)34(48)22-31-25-50-26-53-31)42(60)56-40(21-30-24-52-36-16-8-6-14-33(30)36)46(64)58-38(19-28-11-3-2-4-12-28)45(63)55-37(41(49)59)17-9-10-18-47/h2-8,11-16,26-27,34,37-40H,9-10,17-25,47-48H2,1H3,(H2,49,59)(H,54,62)(H,55,63)(H,56,60)(H,57,61)(H,58,64)/t27-,34-,37-,38+,39+,40-/m0/s1. The van der Waals surface area contributed by atoms with Crippen molar-refractivity contribution in [1.82, 2.24) is 26.6 Å². The number of amides is 6. The molecule has 0 unspecified atom stereocenters. The van der Waals surface area contributed by atoms with Crippen LogP contribution in [0.15, 0.2) is 98.8 Å². The third-order valence-electron chi connectivity index (χ3n) is 11.3. The number of hydrogen-bond acceptors (Lipinski definition) is 12. The highest BCUT2D eigenvalue weighted by Crippen LogP contribution is 2.13. The van der Waals surface area contributed by atoms with Gasteiger partial charge in [0.25, 0.3) is 0 Å². The van der Waals surface area contributed by atoms with E-state index in [1.807, 2.05) is 54.6 Å². The molecule has 6 amide bonds. The fourth-order valence-corrected chi connectivity index (χ4v) is 7.72. The number of unbranched alkanes of at least 4 members (excludes halogenated alkanes) is 1. The second-order valence-corrected chi connectivity index (χ2v) is 16.1. The molecule has 0 radical (unpaired) electrons. The van der Waals surface area contributed by atoms with Gasteiger partial charge in [0.05, 0.1) is 36.4 Å². The van der Waals surface area contributed by atoms with Gasteiger partial charge in [-0.1, -0.05) is 66.7 Å². The summed E-state index contributed by atoms with van der Waals surface area (Å²) in [5.74, 6) is -3.99. The van der Waals surface area contributed by atoms with Crippen molar-refractivity contribution in [2.24, 2.45) is 37.2 Å². The maximum absolute atomic E-state index is 14.4. The van der Waals surface area contributed by atoms with Crippen LogP contribution in [0.25, 0.3) is 11.1 Å². The molecule has 3 aromatic carbocycles. The third kappa shape index (κ3) is 12.6. The highest BCUT2D eigenvalue weighted by molar-refractivity contribution is 6.01. The second-order valence-electron chi connectivity index (χ2n) is 16.1. The molecule has 64 heavy (non-hydrogen) atoms. The van der Waals surface area contributed by atoms with E-state index < -0.39 is 71.7 Å². The summed E-state index contributed by atoms with van der Waals surface area (Å²) in [4.78, 5) is 99.7. The molecule has 3 aliphatic heterocycles. The summed E-state index contributed by atoms with van der Waals surface area (Å²) in [5.41, 5.74) is 20.5. The van der Waals surface area contributed by atoms with Crippen LogP contribution >= 0.6 is 0 Å². The number of primary amides is 1. The quantitative estimate of drug-likeness (QED) is 0.0461.